The molecule has 2 nitrogen and oxygen atoms in total. The van der Waals surface area contributed by atoms with Gasteiger partial charge in [-0.05, 0) is 26.0 Å². The monoisotopic (exact) mass is 232 g/mol. The Morgan fingerprint density at radius 1 is 1.50 bits per heavy atom. The molecule has 0 radical (unpaired) electrons. The summed E-state index contributed by atoms with van der Waals surface area (Å²) in [6.07, 6.45) is 1.72. The Balaban J connectivity index is 3.00. The Hall–Kier alpha value is -0.470. The average molecular weight is 233 g/mol. The van der Waals surface area contributed by atoms with Crippen molar-refractivity contribution in [3.63, 3.8) is 0 Å². The molecule has 0 saturated carbocycles. The zero-order chi connectivity index (χ0) is 10.8. The molecule has 0 bridgehead atoms. The van der Waals surface area contributed by atoms with Crippen LogP contribution >= 0.6 is 23.2 Å². The summed E-state index contributed by atoms with van der Waals surface area (Å²) in [6.45, 7) is 4.09. The van der Waals surface area contributed by atoms with Gasteiger partial charge in [0, 0.05) is 24.7 Å². The first-order chi connectivity index (χ1) is 6.49. The Morgan fingerprint density at radius 2 is 2.14 bits per heavy atom. The molecule has 0 saturated heterocycles. The van der Waals surface area contributed by atoms with Gasteiger partial charge in [0.05, 0.1) is 5.02 Å². The SMILES string of the molecule is CN(c1ncccc1Cl)C(C)(C)CCl. The molecule has 0 amide bonds. The van der Waals surface area contributed by atoms with Gasteiger partial charge in [0.25, 0.3) is 0 Å². The van der Waals surface area contributed by atoms with E-state index in [4.69, 9.17) is 23.2 Å². The summed E-state index contributed by atoms with van der Waals surface area (Å²) in [7, 11) is 1.94. The van der Waals surface area contributed by atoms with Gasteiger partial charge in [-0.25, -0.2) is 4.98 Å². The summed E-state index contributed by atoms with van der Waals surface area (Å²) in [5.41, 5.74) is -0.153. The number of alkyl halides is 1. The van der Waals surface area contributed by atoms with Crippen LogP contribution < -0.4 is 4.90 Å². The summed E-state index contributed by atoms with van der Waals surface area (Å²) in [5, 5.41) is 0.646. The van der Waals surface area contributed by atoms with E-state index in [9.17, 15) is 0 Å². The lowest BCUT2D eigenvalue weighted by Crippen LogP contribution is -2.43. The predicted octanol–water partition coefficient (Wildman–Crippen LogP) is 3.19. The van der Waals surface area contributed by atoms with Crippen molar-refractivity contribution in [2.75, 3.05) is 17.8 Å². The molecule has 0 unspecified atom stereocenters. The number of hydrogen-bond acceptors (Lipinski definition) is 2. The average Bonchev–Trinajstić information content (AvgIpc) is 2.17. The first-order valence-corrected chi connectivity index (χ1v) is 5.30. The zero-order valence-electron chi connectivity index (χ0n) is 8.59. The lowest BCUT2D eigenvalue weighted by molar-refractivity contribution is 0.540. The summed E-state index contributed by atoms with van der Waals surface area (Å²) >= 11 is 11.9. The second-order valence-electron chi connectivity index (χ2n) is 3.81. The van der Waals surface area contributed by atoms with E-state index >= 15 is 0 Å². The van der Waals surface area contributed by atoms with Crippen LogP contribution in [0.3, 0.4) is 0 Å². The first kappa shape index (κ1) is 11.6. The molecular weight excluding hydrogens is 219 g/mol. The third-order valence-electron chi connectivity index (χ3n) is 2.29. The quantitative estimate of drug-likeness (QED) is 0.745. The molecule has 1 rings (SSSR count). The van der Waals surface area contributed by atoms with E-state index in [0.717, 1.165) is 5.82 Å². The molecule has 0 aliphatic heterocycles. The molecule has 1 heterocycles. The molecule has 14 heavy (non-hydrogen) atoms. The van der Waals surface area contributed by atoms with Gasteiger partial charge in [-0.1, -0.05) is 11.6 Å². The summed E-state index contributed by atoms with van der Waals surface area (Å²) in [5.74, 6) is 1.29. The number of nitrogens with zero attached hydrogens (tertiary/aromatic N) is 2. The van der Waals surface area contributed by atoms with Gasteiger partial charge in [0.1, 0.15) is 5.82 Å². The number of rotatable bonds is 3. The number of halogens is 2. The van der Waals surface area contributed by atoms with Gasteiger partial charge in [-0.2, -0.15) is 0 Å². The molecule has 0 N–H and O–H groups in total. The number of hydrogen-bond donors (Lipinski definition) is 0. The van der Waals surface area contributed by atoms with Gasteiger partial charge in [-0.15, -0.1) is 11.6 Å². The van der Waals surface area contributed by atoms with Crippen LogP contribution in [0.4, 0.5) is 5.82 Å². The highest BCUT2D eigenvalue weighted by atomic mass is 35.5. The fourth-order valence-electron chi connectivity index (χ4n) is 1.00. The Morgan fingerprint density at radius 3 is 2.64 bits per heavy atom. The molecule has 1 aromatic rings. The van der Waals surface area contributed by atoms with E-state index in [1.165, 1.54) is 0 Å². The molecule has 0 fully saturated rings. The maximum Gasteiger partial charge on any atom is 0.147 e. The van der Waals surface area contributed by atoms with Crippen LogP contribution in [-0.2, 0) is 0 Å². The lowest BCUT2D eigenvalue weighted by atomic mass is 10.1. The highest BCUT2D eigenvalue weighted by molar-refractivity contribution is 6.33. The minimum absolute atomic E-state index is 0.153. The van der Waals surface area contributed by atoms with Crippen molar-refractivity contribution in [2.24, 2.45) is 0 Å². The molecule has 0 aliphatic carbocycles. The van der Waals surface area contributed by atoms with E-state index in [1.54, 1.807) is 6.20 Å². The molecular formula is C10H14Cl2N2. The normalized spacial score (nSPS) is 11.5. The second kappa shape index (κ2) is 4.37. The largest absolute Gasteiger partial charge is 0.352 e. The predicted molar refractivity (Wildman–Crippen MR) is 62.4 cm³/mol. The minimum atomic E-state index is -0.153. The molecule has 0 spiro atoms. The van der Waals surface area contributed by atoms with Gasteiger partial charge in [0.15, 0.2) is 0 Å². The van der Waals surface area contributed by atoms with Gasteiger partial charge in [0.2, 0.25) is 0 Å². The Kier molecular flexibility index (Phi) is 3.62. The van der Waals surface area contributed by atoms with Crippen LogP contribution in [0.2, 0.25) is 5.02 Å². The van der Waals surface area contributed by atoms with Gasteiger partial charge >= 0.3 is 0 Å². The summed E-state index contributed by atoms with van der Waals surface area (Å²) < 4.78 is 0. The van der Waals surface area contributed by atoms with Crippen molar-refractivity contribution < 1.29 is 0 Å². The highest BCUT2D eigenvalue weighted by Crippen LogP contribution is 2.27. The molecule has 78 valence electrons. The van der Waals surface area contributed by atoms with Gasteiger partial charge in [-0.3, -0.25) is 0 Å². The van der Waals surface area contributed by atoms with Crippen molar-refractivity contribution >= 4 is 29.0 Å². The summed E-state index contributed by atoms with van der Waals surface area (Å²) in [6, 6.07) is 3.64. The number of pyridine rings is 1. The van der Waals surface area contributed by atoms with Crippen LogP contribution in [0.5, 0.6) is 0 Å². The van der Waals surface area contributed by atoms with Crippen LogP contribution in [-0.4, -0.2) is 23.5 Å². The third-order valence-corrected chi connectivity index (χ3v) is 3.24. The minimum Gasteiger partial charge on any atom is -0.352 e. The van der Waals surface area contributed by atoms with Crippen LogP contribution in [0.1, 0.15) is 13.8 Å². The van der Waals surface area contributed by atoms with Crippen LogP contribution in [0.15, 0.2) is 18.3 Å². The van der Waals surface area contributed by atoms with Crippen LogP contribution in [0, 0.1) is 0 Å². The van der Waals surface area contributed by atoms with Crippen molar-refractivity contribution in [2.45, 2.75) is 19.4 Å². The molecule has 1 aromatic heterocycles. The highest BCUT2D eigenvalue weighted by Gasteiger charge is 2.24. The fourth-order valence-corrected chi connectivity index (χ4v) is 1.43. The number of anilines is 1. The topological polar surface area (TPSA) is 16.1 Å². The van der Waals surface area contributed by atoms with Gasteiger partial charge < -0.3 is 4.90 Å². The standard InChI is InChI=1S/C10H14Cl2N2/c1-10(2,7-11)14(3)9-8(12)5-4-6-13-9/h4-6H,7H2,1-3H3. The van der Waals surface area contributed by atoms with E-state index in [-0.39, 0.29) is 5.54 Å². The molecule has 0 aliphatic rings. The van der Waals surface area contributed by atoms with E-state index in [0.29, 0.717) is 10.9 Å². The van der Waals surface area contributed by atoms with Crippen molar-refractivity contribution in [1.82, 2.24) is 4.98 Å². The fraction of sp³-hybridized carbons (Fsp3) is 0.500. The molecule has 4 heteroatoms. The molecule has 0 atom stereocenters. The Labute approximate surface area is 94.8 Å². The smallest absolute Gasteiger partial charge is 0.147 e. The van der Waals surface area contributed by atoms with Crippen LogP contribution in [0.25, 0.3) is 0 Å². The van der Waals surface area contributed by atoms with E-state index in [2.05, 4.69) is 4.98 Å². The second-order valence-corrected chi connectivity index (χ2v) is 4.49. The number of aromatic nitrogens is 1. The maximum absolute atomic E-state index is 6.03. The maximum atomic E-state index is 6.03. The third kappa shape index (κ3) is 2.31. The lowest BCUT2D eigenvalue weighted by Gasteiger charge is -2.35. The summed E-state index contributed by atoms with van der Waals surface area (Å²) in [4.78, 5) is 6.22. The van der Waals surface area contributed by atoms with E-state index in [1.807, 2.05) is 37.9 Å². The van der Waals surface area contributed by atoms with E-state index < -0.39 is 0 Å². The molecule has 0 aromatic carbocycles. The first-order valence-electron chi connectivity index (χ1n) is 4.39. The van der Waals surface area contributed by atoms with Crippen molar-refractivity contribution in [1.29, 1.82) is 0 Å². The Bertz CT molecular complexity index is 313. The van der Waals surface area contributed by atoms with Crippen molar-refractivity contribution in [3.8, 4) is 0 Å². The zero-order valence-corrected chi connectivity index (χ0v) is 10.1. The van der Waals surface area contributed by atoms with Crippen molar-refractivity contribution in [3.05, 3.63) is 23.4 Å².